The Labute approximate surface area is 401 Å². The molecule has 0 fully saturated rings. The zero-order valence-electron chi connectivity index (χ0n) is 38.3. The summed E-state index contributed by atoms with van der Waals surface area (Å²) < 4.78 is 12.3. The van der Waals surface area contributed by atoms with Gasteiger partial charge in [0, 0.05) is 55.3 Å². The van der Waals surface area contributed by atoms with Crippen molar-refractivity contribution in [3.8, 4) is 11.1 Å². The lowest BCUT2D eigenvalue weighted by atomic mass is 9.89. The molecule has 0 bridgehead atoms. The van der Waals surface area contributed by atoms with E-state index in [9.17, 15) is 0 Å². The fraction of sp³-hybridized carbons (Fsp3) is 0.0769. The molecule has 69 heavy (non-hydrogen) atoms. The van der Waals surface area contributed by atoms with Crippen LogP contribution in [0.25, 0.3) is 76.9 Å². The topological polar surface area (TPSA) is 32.8 Å². The zero-order valence-corrected chi connectivity index (χ0v) is 38.3. The van der Waals surface area contributed by atoms with E-state index < -0.39 is 0 Å². The maximum Gasteiger partial charge on any atom is 0.135 e. The minimum Gasteiger partial charge on any atom is -0.456 e. The number of fused-ring (bicyclic) bond motifs is 11. The second-order valence-corrected chi connectivity index (χ2v) is 18.2. The van der Waals surface area contributed by atoms with Crippen molar-refractivity contribution in [1.29, 1.82) is 0 Å². The Balaban J connectivity index is 0.852. The molecule has 0 spiro atoms. The normalized spacial score (nSPS) is 14.8. The van der Waals surface area contributed by atoms with Crippen LogP contribution >= 0.6 is 0 Å². The molecule has 13 rings (SSSR count). The highest BCUT2D eigenvalue weighted by molar-refractivity contribution is 6.10. The maximum atomic E-state index is 6.17. The lowest BCUT2D eigenvalue weighted by Crippen LogP contribution is -2.27. The molecule has 0 radical (unpaired) electrons. The molecular weight excluding hydrogens is 841 g/mol. The van der Waals surface area contributed by atoms with E-state index in [4.69, 9.17) is 8.83 Å². The molecule has 3 heterocycles. The van der Waals surface area contributed by atoms with Gasteiger partial charge in [-0.05, 0) is 143 Å². The number of para-hydroxylation sites is 3. The second kappa shape index (κ2) is 16.9. The van der Waals surface area contributed by atoms with Crippen LogP contribution in [-0.4, -0.2) is 6.04 Å². The van der Waals surface area contributed by atoms with Crippen LogP contribution < -0.4 is 9.80 Å². The van der Waals surface area contributed by atoms with E-state index >= 15 is 0 Å². The first-order valence-corrected chi connectivity index (χ1v) is 24.1. The number of allylic oxidation sites excluding steroid dienone is 5. The van der Waals surface area contributed by atoms with Gasteiger partial charge in [-0.2, -0.15) is 0 Å². The summed E-state index contributed by atoms with van der Waals surface area (Å²) in [6, 6.07) is 72.3. The summed E-state index contributed by atoms with van der Waals surface area (Å²) >= 11 is 0. The molecule has 4 nitrogen and oxygen atoms in total. The minimum atomic E-state index is 0.227. The molecule has 9 aromatic carbocycles. The van der Waals surface area contributed by atoms with Crippen LogP contribution in [0.3, 0.4) is 0 Å². The molecule has 0 N–H and O–H groups in total. The highest BCUT2D eigenvalue weighted by Gasteiger charge is 2.37. The summed E-state index contributed by atoms with van der Waals surface area (Å²) in [5.41, 5.74) is 18.2. The first-order valence-electron chi connectivity index (χ1n) is 24.1. The smallest absolute Gasteiger partial charge is 0.135 e. The largest absolute Gasteiger partial charge is 0.456 e. The molecule has 1 unspecified atom stereocenters. The Kier molecular flexibility index (Phi) is 9.97. The number of benzene rings is 9. The monoisotopic (exact) mass is 888 g/mol. The Hall–Kier alpha value is -8.60. The standard InChI is InChI=1S/C65H48N2O2/c1-2-13-49(18-12-14-43-24-38-63-58(40-43)54-20-8-10-22-61(54)68-63)66(52-34-27-45(28-35-52)48-31-39-64-59(42-48)55-21-9-11-23-62(55)69-64)51-32-25-44(26-33-51)47-30-37-60-57(41-47)56-36-29-46-15-6-7-19-53(46)65(56)67(60)50-16-4-3-5-17-50/h3-13,15-36,38-42,60H,2,14,37H2,1H3/b18-12-,49-13+. The van der Waals surface area contributed by atoms with Crippen molar-refractivity contribution >= 4 is 88.5 Å². The van der Waals surface area contributed by atoms with Gasteiger partial charge in [0.15, 0.2) is 0 Å². The molecular formula is C65H48N2O2. The van der Waals surface area contributed by atoms with Crippen LogP contribution in [0.4, 0.5) is 22.7 Å². The fourth-order valence-electron chi connectivity index (χ4n) is 10.8. The van der Waals surface area contributed by atoms with E-state index in [1.54, 1.807) is 0 Å². The third kappa shape index (κ3) is 7.15. The molecule has 0 saturated carbocycles. The van der Waals surface area contributed by atoms with Gasteiger partial charge in [-0.15, -0.1) is 0 Å². The highest BCUT2D eigenvalue weighted by Crippen LogP contribution is 2.52. The van der Waals surface area contributed by atoms with E-state index in [1.807, 2.05) is 24.3 Å². The van der Waals surface area contributed by atoms with Crippen LogP contribution in [-0.2, 0) is 6.42 Å². The van der Waals surface area contributed by atoms with Crippen molar-refractivity contribution < 1.29 is 8.83 Å². The van der Waals surface area contributed by atoms with E-state index in [1.165, 1.54) is 50.0 Å². The van der Waals surface area contributed by atoms with Crippen LogP contribution in [0.1, 0.15) is 36.5 Å². The zero-order chi connectivity index (χ0) is 45.8. The first kappa shape index (κ1) is 40.7. The van der Waals surface area contributed by atoms with Crippen LogP contribution in [0.5, 0.6) is 0 Å². The summed E-state index contributed by atoms with van der Waals surface area (Å²) in [6.07, 6.45) is 14.4. The fourth-order valence-corrected chi connectivity index (χ4v) is 10.8. The second-order valence-electron chi connectivity index (χ2n) is 18.2. The molecule has 2 aliphatic rings. The molecule has 330 valence electrons. The molecule has 1 aliphatic heterocycles. The molecule has 4 heteroatoms. The molecule has 0 saturated heterocycles. The van der Waals surface area contributed by atoms with Crippen molar-refractivity contribution in [2.75, 3.05) is 9.80 Å². The van der Waals surface area contributed by atoms with Crippen molar-refractivity contribution in [3.63, 3.8) is 0 Å². The lowest BCUT2D eigenvalue weighted by molar-refractivity contribution is 0.668. The summed E-state index contributed by atoms with van der Waals surface area (Å²) in [5.74, 6) is 0. The third-order valence-electron chi connectivity index (χ3n) is 14.1. The number of nitrogens with zero attached hydrogens (tertiary/aromatic N) is 2. The van der Waals surface area contributed by atoms with Crippen molar-refractivity contribution in [2.24, 2.45) is 0 Å². The summed E-state index contributed by atoms with van der Waals surface area (Å²) in [6.45, 7) is 2.21. The molecule has 1 atom stereocenters. The number of rotatable bonds is 10. The van der Waals surface area contributed by atoms with Gasteiger partial charge in [0.1, 0.15) is 22.3 Å². The van der Waals surface area contributed by atoms with E-state index in [-0.39, 0.29) is 6.04 Å². The number of furan rings is 2. The average Bonchev–Trinajstić information content (AvgIpc) is 4.08. The Morgan fingerprint density at radius 1 is 0.565 bits per heavy atom. The lowest BCUT2D eigenvalue weighted by Gasteiger charge is -2.30. The first-order chi connectivity index (χ1) is 34.1. The quantitative estimate of drug-likeness (QED) is 0.128. The van der Waals surface area contributed by atoms with E-state index in [2.05, 4.69) is 223 Å². The van der Waals surface area contributed by atoms with Crippen LogP contribution in [0, 0.1) is 0 Å². The minimum absolute atomic E-state index is 0.227. The van der Waals surface area contributed by atoms with Gasteiger partial charge in [0.2, 0.25) is 0 Å². The van der Waals surface area contributed by atoms with Gasteiger partial charge >= 0.3 is 0 Å². The van der Waals surface area contributed by atoms with Crippen molar-refractivity contribution in [1.82, 2.24) is 0 Å². The van der Waals surface area contributed by atoms with Crippen LogP contribution in [0.15, 0.2) is 245 Å². The van der Waals surface area contributed by atoms with Crippen LogP contribution in [0.2, 0.25) is 0 Å². The number of anilines is 4. The Bertz CT molecular complexity index is 3880. The summed E-state index contributed by atoms with van der Waals surface area (Å²) in [7, 11) is 0. The summed E-state index contributed by atoms with van der Waals surface area (Å²) in [5, 5.41) is 7.12. The Morgan fingerprint density at radius 3 is 1.90 bits per heavy atom. The average molecular weight is 889 g/mol. The van der Waals surface area contributed by atoms with E-state index in [0.717, 1.165) is 91.3 Å². The van der Waals surface area contributed by atoms with Gasteiger partial charge in [-0.3, -0.25) is 0 Å². The number of hydrogen-bond donors (Lipinski definition) is 0. The van der Waals surface area contributed by atoms with Crippen molar-refractivity contribution in [3.05, 3.63) is 253 Å². The van der Waals surface area contributed by atoms with Gasteiger partial charge in [-0.25, -0.2) is 0 Å². The van der Waals surface area contributed by atoms with Gasteiger partial charge in [0.25, 0.3) is 0 Å². The maximum absolute atomic E-state index is 6.17. The summed E-state index contributed by atoms with van der Waals surface area (Å²) in [4.78, 5) is 4.96. The van der Waals surface area contributed by atoms with Gasteiger partial charge in [0.05, 0.1) is 11.7 Å². The van der Waals surface area contributed by atoms with Gasteiger partial charge < -0.3 is 18.6 Å². The highest BCUT2D eigenvalue weighted by atomic mass is 16.3. The molecule has 2 aromatic heterocycles. The SMILES string of the molecule is CC/C=C(\C=C/Cc1ccc2oc3ccccc3c2c1)N(c1ccc(C2=CCC3C(=C2)c2ccc4ccccc4c2N3c2ccccc2)cc1)c1ccc(-c2ccc3oc4ccccc4c3c2)cc1. The van der Waals surface area contributed by atoms with E-state index in [0.29, 0.717) is 0 Å². The van der Waals surface area contributed by atoms with Gasteiger partial charge in [-0.1, -0.05) is 153 Å². The predicted octanol–water partition coefficient (Wildman–Crippen LogP) is 17.9. The third-order valence-corrected chi connectivity index (χ3v) is 14.1. The predicted molar refractivity (Wildman–Crippen MR) is 290 cm³/mol. The van der Waals surface area contributed by atoms with Crippen molar-refractivity contribution in [2.45, 2.75) is 32.2 Å². The number of hydrogen-bond acceptors (Lipinski definition) is 4. The molecule has 0 amide bonds. The Morgan fingerprint density at radius 2 is 1.17 bits per heavy atom. The molecule has 1 aliphatic carbocycles. The molecule has 11 aromatic rings.